The number of carboxylic acids is 1. The van der Waals surface area contributed by atoms with Crippen molar-refractivity contribution in [1.82, 2.24) is 4.98 Å². The van der Waals surface area contributed by atoms with Gasteiger partial charge in [-0.25, -0.2) is 14.6 Å². The van der Waals surface area contributed by atoms with Gasteiger partial charge in [0.2, 0.25) is 5.88 Å². The largest absolute Gasteiger partial charge is 0.495 e. The second kappa shape index (κ2) is 5.85. The molecular weight excluding hydrogens is 299 g/mol. The Hall–Kier alpha value is -2.52. The third-order valence-electron chi connectivity index (χ3n) is 2.39. The first kappa shape index (κ1) is 16.5. The molecule has 0 aliphatic rings. The third kappa shape index (κ3) is 2.98. The lowest BCUT2D eigenvalue weighted by molar-refractivity contribution is -0.142. The number of alkyl halides is 3. The molecule has 0 saturated carbocycles. The number of methoxy groups -OCH3 is 3. The van der Waals surface area contributed by atoms with Crippen LogP contribution in [0.2, 0.25) is 0 Å². The Kier molecular flexibility index (Phi) is 4.61. The van der Waals surface area contributed by atoms with E-state index in [1.54, 1.807) is 0 Å². The van der Waals surface area contributed by atoms with Crippen molar-refractivity contribution in [3.63, 3.8) is 0 Å². The number of ether oxygens (including phenoxy) is 3. The van der Waals surface area contributed by atoms with Crippen LogP contribution >= 0.6 is 0 Å². The topological polar surface area (TPSA) is 95.0 Å². The summed E-state index contributed by atoms with van der Waals surface area (Å²) in [6.45, 7) is 0. The van der Waals surface area contributed by atoms with Crippen LogP contribution < -0.4 is 9.47 Å². The van der Waals surface area contributed by atoms with Crippen LogP contribution in [0, 0.1) is 0 Å². The van der Waals surface area contributed by atoms with Crippen molar-refractivity contribution in [2.75, 3.05) is 21.3 Å². The molecule has 0 bridgehead atoms. The van der Waals surface area contributed by atoms with Gasteiger partial charge in [0, 0.05) is 0 Å². The van der Waals surface area contributed by atoms with Crippen LogP contribution in [-0.2, 0) is 10.9 Å². The Bertz CT molecular complexity index is 584. The summed E-state index contributed by atoms with van der Waals surface area (Å²) in [5.74, 6) is -4.70. The van der Waals surface area contributed by atoms with Crippen LogP contribution in [0.3, 0.4) is 0 Å². The molecule has 0 aliphatic carbocycles. The minimum atomic E-state index is -5.08. The zero-order valence-electron chi connectivity index (χ0n) is 11.1. The fraction of sp³-hybridized carbons (Fsp3) is 0.364. The first-order chi connectivity index (χ1) is 9.68. The van der Waals surface area contributed by atoms with Gasteiger partial charge in [-0.15, -0.1) is 0 Å². The molecule has 0 amide bonds. The summed E-state index contributed by atoms with van der Waals surface area (Å²) in [6, 6.07) is 0. The van der Waals surface area contributed by atoms with E-state index in [1.807, 2.05) is 0 Å². The number of pyridine rings is 1. The Balaban J connectivity index is 3.89. The van der Waals surface area contributed by atoms with Gasteiger partial charge in [-0.1, -0.05) is 0 Å². The standard InChI is InChI=1S/C11H10F3NO6/c1-19-6-4(9(16)17)7(11(12,13)14)15-8(20-2)5(6)10(18)21-3/h1-3H3,(H,16,17). The van der Waals surface area contributed by atoms with E-state index in [4.69, 9.17) is 5.11 Å². The van der Waals surface area contributed by atoms with E-state index in [0.29, 0.717) is 0 Å². The van der Waals surface area contributed by atoms with Gasteiger partial charge in [0.25, 0.3) is 0 Å². The summed E-state index contributed by atoms with van der Waals surface area (Å²) in [5.41, 5.74) is -3.68. The molecule has 10 heteroatoms. The van der Waals surface area contributed by atoms with Crippen LogP contribution in [0.5, 0.6) is 11.6 Å². The molecule has 0 radical (unpaired) electrons. The zero-order chi connectivity index (χ0) is 16.4. The molecule has 1 rings (SSSR count). The number of halogens is 3. The normalized spacial score (nSPS) is 11.0. The average Bonchev–Trinajstić information content (AvgIpc) is 2.42. The van der Waals surface area contributed by atoms with E-state index in [9.17, 15) is 22.8 Å². The van der Waals surface area contributed by atoms with Crippen LogP contribution in [-0.4, -0.2) is 43.4 Å². The number of nitrogens with zero attached hydrogens (tertiary/aromatic N) is 1. The van der Waals surface area contributed by atoms with Gasteiger partial charge in [0.05, 0.1) is 21.3 Å². The van der Waals surface area contributed by atoms with E-state index < -0.39 is 46.6 Å². The lowest BCUT2D eigenvalue weighted by Gasteiger charge is -2.17. The Labute approximate surface area is 116 Å². The van der Waals surface area contributed by atoms with E-state index in [1.165, 1.54) is 0 Å². The predicted molar refractivity (Wildman–Crippen MR) is 60.6 cm³/mol. The minimum absolute atomic E-state index is 0.645. The summed E-state index contributed by atoms with van der Waals surface area (Å²) in [7, 11) is 2.84. The van der Waals surface area contributed by atoms with E-state index >= 15 is 0 Å². The van der Waals surface area contributed by atoms with Crippen molar-refractivity contribution < 1.29 is 42.1 Å². The van der Waals surface area contributed by atoms with Crippen molar-refractivity contribution in [2.24, 2.45) is 0 Å². The van der Waals surface area contributed by atoms with Crippen molar-refractivity contribution in [1.29, 1.82) is 0 Å². The van der Waals surface area contributed by atoms with E-state index in [0.717, 1.165) is 21.3 Å². The monoisotopic (exact) mass is 309 g/mol. The van der Waals surface area contributed by atoms with Crippen LogP contribution in [0.25, 0.3) is 0 Å². The summed E-state index contributed by atoms with van der Waals surface area (Å²) in [6.07, 6.45) is -5.08. The van der Waals surface area contributed by atoms with Crippen LogP contribution in [0.1, 0.15) is 26.4 Å². The Morgan fingerprint density at radius 1 is 1.10 bits per heavy atom. The number of carbonyl (C=O) groups excluding carboxylic acids is 1. The molecule has 116 valence electrons. The number of aromatic carboxylic acids is 1. The molecule has 0 aliphatic heterocycles. The van der Waals surface area contributed by atoms with Gasteiger partial charge < -0.3 is 19.3 Å². The van der Waals surface area contributed by atoms with Gasteiger partial charge in [-0.3, -0.25) is 0 Å². The number of carboxylic acid groups (broad SMARTS) is 1. The number of rotatable bonds is 4. The predicted octanol–water partition coefficient (Wildman–Crippen LogP) is 1.60. The van der Waals surface area contributed by atoms with Gasteiger partial charge in [-0.2, -0.15) is 13.2 Å². The number of hydrogen-bond acceptors (Lipinski definition) is 6. The zero-order valence-corrected chi connectivity index (χ0v) is 11.1. The second-order valence-electron chi connectivity index (χ2n) is 3.55. The molecule has 7 nitrogen and oxygen atoms in total. The molecular formula is C11H10F3NO6. The molecule has 0 fully saturated rings. The Morgan fingerprint density at radius 3 is 2.00 bits per heavy atom. The molecule has 0 atom stereocenters. The van der Waals surface area contributed by atoms with Gasteiger partial charge in [-0.05, 0) is 0 Å². The Morgan fingerprint density at radius 2 is 1.67 bits per heavy atom. The van der Waals surface area contributed by atoms with Gasteiger partial charge >= 0.3 is 18.1 Å². The number of aromatic nitrogens is 1. The molecule has 0 saturated heterocycles. The highest BCUT2D eigenvalue weighted by Crippen LogP contribution is 2.40. The maximum absolute atomic E-state index is 12.9. The summed E-state index contributed by atoms with van der Waals surface area (Å²) in [4.78, 5) is 25.8. The van der Waals surface area contributed by atoms with Crippen molar-refractivity contribution in [3.05, 3.63) is 16.8 Å². The first-order valence-corrected chi connectivity index (χ1v) is 5.23. The lowest BCUT2D eigenvalue weighted by Crippen LogP contribution is -2.20. The molecule has 0 unspecified atom stereocenters. The van der Waals surface area contributed by atoms with Crippen molar-refractivity contribution >= 4 is 11.9 Å². The summed E-state index contributed by atoms with van der Waals surface area (Å²) in [5, 5.41) is 8.97. The highest BCUT2D eigenvalue weighted by Gasteiger charge is 2.42. The highest BCUT2D eigenvalue weighted by atomic mass is 19.4. The maximum atomic E-state index is 12.9. The fourth-order valence-corrected chi connectivity index (χ4v) is 1.58. The highest BCUT2D eigenvalue weighted by molar-refractivity contribution is 6.01. The molecule has 0 aromatic carbocycles. The number of carbonyl (C=O) groups is 2. The lowest BCUT2D eigenvalue weighted by atomic mass is 10.1. The number of esters is 1. The van der Waals surface area contributed by atoms with Crippen molar-refractivity contribution in [2.45, 2.75) is 6.18 Å². The van der Waals surface area contributed by atoms with E-state index in [-0.39, 0.29) is 0 Å². The molecule has 1 aromatic rings. The second-order valence-corrected chi connectivity index (χ2v) is 3.55. The molecule has 1 N–H and O–H groups in total. The SMILES string of the molecule is COC(=O)c1c(OC)nc(C(F)(F)F)c(C(=O)O)c1OC. The van der Waals surface area contributed by atoms with Gasteiger partial charge in [0.1, 0.15) is 5.56 Å². The summed E-state index contributed by atoms with van der Waals surface area (Å²) >= 11 is 0. The van der Waals surface area contributed by atoms with Crippen molar-refractivity contribution in [3.8, 4) is 11.6 Å². The fourth-order valence-electron chi connectivity index (χ4n) is 1.58. The third-order valence-corrected chi connectivity index (χ3v) is 2.39. The number of hydrogen-bond donors (Lipinski definition) is 1. The van der Waals surface area contributed by atoms with E-state index in [2.05, 4.69) is 19.2 Å². The van der Waals surface area contributed by atoms with Crippen LogP contribution in [0.15, 0.2) is 0 Å². The molecule has 0 spiro atoms. The maximum Gasteiger partial charge on any atom is 0.434 e. The average molecular weight is 309 g/mol. The molecule has 1 heterocycles. The van der Waals surface area contributed by atoms with Crippen LogP contribution in [0.4, 0.5) is 13.2 Å². The smallest absolute Gasteiger partial charge is 0.434 e. The first-order valence-electron chi connectivity index (χ1n) is 5.23. The quantitative estimate of drug-likeness (QED) is 0.844. The van der Waals surface area contributed by atoms with Gasteiger partial charge in [0.15, 0.2) is 17.0 Å². The summed E-state index contributed by atoms with van der Waals surface area (Å²) < 4.78 is 52.3. The molecule has 1 aromatic heterocycles. The molecule has 21 heavy (non-hydrogen) atoms. The minimum Gasteiger partial charge on any atom is -0.495 e.